The molecule has 0 heterocycles. The van der Waals surface area contributed by atoms with Gasteiger partial charge in [-0.3, -0.25) is 0 Å². The SMILES string of the molecule is O[C@H](c1cccc(Br)c1)c1ccc(Cl)c(F)c1. The minimum atomic E-state index is -0.862. The Balaban J connectivity index is 2.36. The van der Waals surface area contributed by atoms with Crippen LogP contribution in [0.3, 0.4) is 0 Å². The van der Waals surface area contributed by atoms with Gasteiger partial charge in [-0.1, -0.05) is 45.7 Å². The van der Waals surface area contributed by atoms with Gasteiger partial charge in [0.15, 0.2) is 0 Å². The second-order valence-electron chi connectivity index (χ2n) is 3.63. The monoisotopic (exact) mass is 314 g/mol. The van der Waals surface area contributed by atoms with Gasteiger partial charge in [0.2, 0.25) is 0 Å². The Bertz CT molecular complexity index is 545. The molecule has 1 nitrogen and oxygen atoms in total. The first kappa shape index (κ1) is 12.6. The Hall–Kier alpha value is -0.900. The minimum Gasteiger partial charge on any atom is -0.384 e. The molecule has 4 heteroatoms. The molecule has 0 aromatic heterocycles. The summed E-state index contributed by atoms with van der Waals surface area (Å²) in [4.78, 5) is 0. The van der Waals surface area contributed by atoms with Gasteiger partial charge in [-0.15, -0.1) is 0 Å². The molecule has 1 N–H and O–H groups in total. The molecule has 0 aliphatic carbocycles. The predicted molar refractivity (Wildman–Crippen MR) is 69.6 cm³/mol. The highest BCUT2D eigenvalue weighted by molar-refractivity contribution is 9.10. The largest absolute Gasteiger partial charge is 0.384 e. The van der Waals surface area contributed by atoms with Gasteiger partial charge in [0.1, 0.15) is 11.9 Å². The molecule has 0 fully saturated rings. The van der Waals surface area contributed by atoms with Gasteiger partial charge in [0.25, 0.3) is 0 Å². The zero-order valence-electron chi connectivity index (χ0n) is 8.70. The van der Waals surface area contributed by atoms with E-state index in [0.29, 0.717) is 11.1 Å². The number of hydrogen-bond acceptors (Lipinski definition) is 1. The van der Waals surface area contributed by atoms with Gasteiger partial charge >= 0.3 is 0 Å². The second-order valence-corrected chi connectivity index (χ2v) is 4.95. The highest BCUT2D eigenvalue weighted by atomic mass is 79.9. The fraction of sp³-hybridized carbons (Fsp3) is 0.0769. The van der Waals surface area contributed by atoms with Crippen molar-refractivity contribution in [3.8, 4) is 0 Å². The molecule has 0 radical (unpaired) electrons. The summed E-state index contributed by atoms with van der Waals surface area (Å²) in [5.41, 5.74) is 1.17. The van der Waals surface area contributed by atoms with E-state index in [4.69, 9.17) is 11.6 Å². The lowest BCUT2D eigenvalue weighted by Gasteiger charge is -2.12. The number of aliphatic hydroxyl groups is 1. The molecule has 0 bridgehead atoms. The topological polar surface area (TPSA) is 20.2 Å². The van der Waals surface area contributed by atoms with Crippen LogP contribution in [-0.4, -0.2) is 5.11 Å². The van der Waals surface area contributed by atoms with E-state index in [9.17, 15) is 9.50 Å². The number of benzene rings is 2. The van der Waals surface area contributed by atoms with E-state index < -0.39 is 11.9 Å². The summed E-state index contributed by atoms with van der Waals surface area (Å²) in [6.45, 7) is 0. The van der Waals surface area contributed by atoms with E-state index in [1.165, 1.54) is 12.1 Å². The zero-order valence-corrected chi connectivity index (χ0v) is 11.0. The molecule has 0 saturated carbocycles. The third-order valence-corrected chi connectivity index (χ3v) is 3.22. The Morgan fingerprint density at radius 3 is 2.47 bits per heavy atom. The first-order chi connectivity index (χ1) is 8.08. The Labute approximate surface area is 112 Å². The molecule has 0 unspecified atom stereocenters. The average Bonchev–Trinajstić information content (AvgIpc) is 2.32. The predicted octanol–water partition coefficient (Wildman–Crippen LogP) is 4.32. The average molecular weight is 316 g/mol. The molecule has 17 heavy (non-hydrogen) atoms. The van der Waals surface area contributed by atoms with Crippen molar-refractivity contribution in [2.45, 2.75) is 6.10 Å². The number of rotatable bonds is 2. The van der Waals surface area contributed by atoms with Crippen LogP contribution in [0.15, 0.2) is 46.9 Å². The molecule has 88 valence electrons. The minimum absolute atomic E-state index is 0.0511. The Kier molecular flexibility index (Phi) is 3.82. The molecule has 0 saturated heterocycles. The van der Waals surface area contributed by atoms with Gasteiger partial charge in [0, 0.05) is 4.47 Å². The number of aliphatic hydroxyl groups excluding tert-OH is 1. The van der Waals surface area contributed by atoms with Crippen molar-refractivity contribution < 1.29 is 9.50 Å². The van der Waals surface area contributed by atoms with Crippen LogP contribution in [0.1, 0.15) is 17.2 Å². The summed E-state index contributed by atoms with van der Waals surface area (Å²) in [5, 5.41) is 10.2. The maximum atomic E-state index is 13.3. The zero-order chi connectivity index (χ0) is 12.4. The van der Waals surface area contributed by atoms with Crippen LogP contribution in [0.2, 0.25) is 5.02 Å². The van der Waals surface area contributed by atoms with Gasteiger partial charge in [-0.05, 0) is 35.4 Å². The highest BCUT2D eigenvalue weighted by Crippen LogP contribution is 2.26. The van der Waals surface area contributed by atoms with Crippen molar-refractivity contribution in [3.63, 3.8) is 0 Å². The van der Waals surface area contributed by atoms with E-state index in [1.807, 2.05) is 12.1 Å². The van der Waals surface area contributed by atoms with Gasteiger partial charge in [-0.2, -0.15) is 0 Å². The van der Waals surface area contributed by atoms with Crippen LogP contribution in [0.5, 0.6) is 0 Å². The molecule has 0 aliphatic heterocycles. The van der Waals surface area contributed by atoms with E-state index >= 15 is 0 Å². The van der Waals surface area contributed by atoms with E-state index in [2.05, 4.69) is 15.9 Å². The molecular weight excluding hydrogens is 306 g/mol. The van der Waals surface area contributed by atoms with Crippen LogP contribution in [0.25, 0.3) is 0 Å². The third kappa shape index (κ3) is 2.86. The summed E-state index contributed by atoms with van der Waals surface area (Å²) in [6.07, 6.45) is -0.862. The fourth-order valence-electron chi connectivity index (χ4n) is 1.55. The van der Waals surface area contributed by atoms with E-state index in [1.54, 1.807) is 18.2 Å². The van der Waals surface area contributed by atoms with Gasteiger partial charge in [-0.25, -0.2) is 4.39 Å². The summed E-state index contributed by atoms with van der Waals surface area (Å²) in [5.74, 6) is -0.529. The van der Waals surface area contributed by atoms with E-state index in [-0.39, 0.29) is 5.02 Å². The summed E-state index contributed by atoms with van der Waals surface area (Å²) < 4.78 is 14.1. The van der Waals surface area contributed by atoms with Crippen molar-refractivity contribution in [3.05, 3.63) is 68.9 Å². The molecule has 0 amide bonds. The first-order valence-electron chi connectivity index (χ1n) is 4.96. The van der Waals surface area contributed by atoms with Gasteiger partial charge < -0.3 is 5.11 Å². The van der Waals surface area contributed by atoms with Gasteiger partial charge in [0.05, 0.1) is 5.02 Å². The van der Waals surface area contributed by atoms with Crippen LogP contribution in [0, 0.1) is 5.82 Å². The van der Waals surface area contributed by atoms with Crippen LogP contribution in [-0.2, 0) is 0 Å². The van der Waals surface area contributed by atoms with Crippen molar-refractivity contribution >= 4 is 27.5 Å². The lowest BCUT2D eigenvalue weighted by Crippen LogP contribution is -2.00. The van der Waals surface area contributed by atoms with Crippen molar-refractivity contribution in [1.82, 2.24) is 0 Å². The summed E-state index contributed by atoms with van der Waals surface area (Å²) in [7, 11) is 0. The maximum absolute atomic E-state index is 13.3. The van der Waals surface area contributed by atoms with Crippen molar-refractivity contribution in [1.29, 1.82) is 0 Å². The fourth-order valence-corrected chi connectivity index (χ4v) is 2.09. The smallest absolute Gasteiger partial charge is 0.142 e. The lowest BCUT2D eigenvalue weighted by atomic mass is 10.0. The number of hydrogen-bond donors (Lipinski definition) is 1. The Morgan fingerprint density at radius 2 is 1.82 bits per heavy atom. The van der Waals surface area contributed by atoms with Crippen LogP contribution >= 0.6 is 27.5 Å². The molecule has 0 aliphatic rings. The molecule has 2 aromatic carbocycles. The number of halogens is 3. The maximum Gasteiger partial charge on any atom is 0.142 e. The molecule has 0 spiro atoms. The summed E-state index contributed by atoms with van der Waals surface area (Å²) in [6, 6.07) is 11.5. The van der Waals surface area contributed by atoms with Crippen molar-refractivity contribution in [2.75, 3.05) is 0 Å². The standard InChI is InChI=1S/C13H9BrClFO/c14-10-3-1-2-8(6-10)13(17)9-4-5-11(15)12(16)7-9/h1-7,13,17H/t13-/m1/s1. The molecule has 2 aromatic rings. The normalized spacial score (nSPS) is 12.5. The summed E-state index contributed by atoms with van der Waals surface area (Å²) >= 11 is 8.92. The second kappa shape index (κ2) is 5.17. The Morgan fingerprint density at radius 1 is 1.12 bits per heavy atom. The lowest BCUT2D eigenvalue weighted by molar-refractivity contribution is 0.219. The third-order valence-electron chi connectivity index (χ3n) is 2.42. The quantitative estimate of drug-likeness (QED) is 0.875. The molecule has 1 atom stereocenters. The molecular formula is C13H9BrClFO. The molecule has 2 rings (SSSR count). The van der Waals surface area contributed by atoms with Crippen LogP contribution < -0.4 is 0 Å². The van der Waals surface area contributed by atoms with Crippen molar-refractivity contribution in [2.24, 2.45) is 0 Å². The highest BCUT2D eigenvalue weighted by Gasteiger charge is 2.12. The first-order valence-corrected chi connectivity index (χ1v) is 6.13. The van der Waals surface area contributed by atoms with E-state index in [0.717, 1.165) is 4.47 Å². The van der Waals surface area contributed by atoms with Crippen LogP contribution in [0.4, 0.5) is 4.39 Å².